The summed E-state index contributed by atoms with van der Waals surface area (Å²) in [4.78, 5) is 22.3. The van der Waals surface area contributed by atoms with Crippen molar-refractivity contribution in [3.05, 3.63) is 42.0 Å². The highest BCUT2D eigenvalue weighted by Crippen LogP contribution is 2.46. The number of hydrogen-bond donors (Lipinski definition) is 1. The van der Waals surface area contributed by atoms with E-state index >= 15 is 0 Å². The van der Waals surface area contributed by atoms with Gasteiger partial charge in [-0.1, -0.05) is 30.3 Å². The van der Waals surface area contributed by atoms with Crippen molar-refractivity contribution in [2.45, 2.75) is 6.04 Å². The van der Waals surface area contributed by atoms with Crippen molar-refractivity contribution in [1.29, 1.82) is 0 Å². The van der Waals surface area contributed by atoms with Crippen molar-refractivity contribution in [2.24, 2.45) is 11.8 Å². The van der Waals surface area contributed by atoms with Gasteiger partial charge in [-0.3, -0.25) is 14.5 Å². The van der Waals surface area contributed by atoms with Gasteiger partial charge in [0.05, 0.1) is 19.3 Å². The summed E-state index contributed by atoms with van der Waals surface area (Å²) in [5, 5.41) is 3.58. The van der Waals surface area contributed by atoms with Crippen LogP contribution in [0.15, 0.2) is 36.4 Å². The monoisotopic (exact) mass is 300 g/mol. The lowest BCUT2D eigenvalue weighted by Crippen LogP contribution is -2.37. The number of nitrogens with two attached hydrogens (primary N) is 1. The maximum absolute atomic E-state index is 12.2. The minimum Gasteiger partial charge on any atom is -0.493 e. The maximum atomic E-state index is 12.2. The molecule has 0 spiro atoms. The third-order valence-corrected chi connectivity index (χ3v) is 4.26. The van der Waals surface area contributed by atoms with Crippen LogP contribution in [0, 0.1) is 5.92 Å². The lowest BCUT2D eigenvalue weighted by molar-refractivity contribution is -0.182. The van der Waals surface area contributed by atoms with Gasteiger partial charge in [-0.25, -0.2) is 11.0 Å². The Bertz CT molecular complexity index is 733. The molecule has 2 aliphatic heterocycles. The van der Waals surface area contributed by atoms with Crippen LogP contribution in [0.5, 0.6) is 5.75 Å². The van der Waals surface area contributed by atoms with Gasteiger partial charge in [0.1, 0.15) is 12.4 Å². The third kappa shape index (κ3) is 1.96. The van der Waals surface area contributed by atoms with E-state index in [4.69, 9.17) is 15.5 Å². The molecule has 0 saturated carbocycles. The predicted octanol–water partition coefficient (Wildman–Crippen LogP) is 1.55. The van der Waals surface area contributed by atoms with Crippen LogP contribution in [0.25, 0.3) is 10.8 Å². The molecule has 1 amide bonds. The van der Waals surface area contributed by atoms with E-state index in [0.717, 1.165) is 22.1 Å². The summed E-state index contributed by atoms with van der Waals surface area (Å²) in [7, 11) is 0. The number of fused-ring (bicyclic) bond motifs is 5. The predicted molar refractivity (Wildman–Crippen MR) is 78.6 cm³/mol. The highest BCUT2D eigenvalue weighted by Gasteiger charge is 2.44. The molecule has 6 nitrogen and oxygen atoms in total. The van der Waals surface area contributed by atoms with Crippen LogP contribution < -0.4 is 10.6 Å². The summed E-state index contributed by atoms with van der Waals surface area (Å²) in [5.41, 5.74) is 0.997. The molecule has 2 aliphatic rings. The fourth-order valence-corrected chi connectivity index (χ4v) is 3.30. The summed E-state index contributed by atoms with van der Waals surface area (Å²) < 4.78 is 5.86. The zero-order valence-corrected chi connectivity index (χ0v) is 11.9. The van der Waals surface area contributed by atoms with Crippen molar-refractivity contribution < 1.29 is 19.2 Å². The highest BCUT2D eigenvalue weighted by atomic mass is 16.7. The number of carbonyl (C=O) groups excluding carboxylic acids is 1. The van der Waals surface area contributed by atoms with Gasteiger partial charge < -0.3 is 4.74 Å². The highest BCUT2D eigenvalue weighted by molar-refractivity contribution is 5.89. The Morgan fingerprint density at radius 3 is 3.00 bits per heavy atom. The van der Waals surface area contributed by atoms with E-state index in [-0.39, 0.29) is 24.5 Å². The third-order valence-electron chi connectivity index (χ3n) is 4.26. The number of hydroxylamine groups is 2. The molecule has 2 aromatic carbocycles. The molecular formula is C16H16N2O4. The number of ether oxygens (including phenoxy) is 1. The first-order chi connectivity index (χ1) is 10.8. The molecule has 0 unspecified atom stereocenters. The molecule has 0 bridgehead atoms. The maximum Gasteiger partial charge on any atom is 0.274 e. The van der Waals surface area contributed by atoms with Crippen LogP contribution in [0.2, 0.25) is 0 Å². The molecule has 22 heavy (non-hydrogen) atoms. The van der Waals surface area contributed by atoms with Crippen LogP contribution in [0.4, 0.5) is 0 Å². The van der Waals surface area contributed by atoms with Gasteiger partial charge in [0.2, 0.25) is 0 Å². The lowest BCUT2D eigenvalue weighted by atomic mass is 9.88. The van der Waals surface area contributed by atoms with E-state index in [1.165, 1.54) is 5.06 Å². The Labute approximate surface area is 127 Å². The average Bonchev–Trinajstić information content (AvgIpc) is 2.99. The molecule has 2 aromatic rings. The van der Waals surface area contributed by atoms with Gasteiger partial charge >= 0.3 is 0 Å². The molecule has 4 rings (SSSR count). The first-order valence-corrected chi connectivity index (χ1v) is 7.20. The van der Waals surface area contributed by atoms with Crippen molar-refractivity contribution in [3.63, 3.8) is 0 Å². The van der Waals surface area contributed by atoms with Crippen LogP contribution in [-0.4, -0.2) is 30.8 Å². The van der Waals surface area contributed by atoms with Gasteiger partial charge in [0.25, 0.3) is 5.91 Å². The minimum atomic E-state index is -0.282. The number of amides is 1. The Morgan fingerprint density at radius 2 is 2.14 bits per heavy atom. The Balaban J connectivity index is 1.85. The molecule has 0 aromatic heterocycles. The van der Waals surface area contributed by atoms with Crippen LogP contribution in [-0.2, 0) is 14.5 Å². The van der Waals surface area contributed by atoms with Gasteiger partial charge in [-0.2, -0.15) is 0 Å². The molecule has 6 heteroatoms. The Kier molecular flexibility index (Phi) is 3.22. The van der Waals surface area contributed by atoms with Crippen molar-refractivity contribution in [3.8, 4) is 5.75 Å². The lowest BCUT2D eigenvalue weighted by Gasteiger charge is -2.32. The second kappa shape index (κ2) is 5.24. The number of hydrogen-bond acceptors (Lipinski definition) is 5. The van der Waals surface area contributed by atoms with E-state index in [1.807, 2.05) is 36.4 Å². The summed E-state index contributed by atoms with van der Waals surface area (Å²) in [6.07, 6.45) is 0. The van der Waals surface area contributed by atoms with Crippen LogP contribution >= 0.6 is 0 Å². The standard InChI is InChI=1S/C16H16N2O4/c17-21-9-14(19)18-16-11(8-22-18)7-20-13-6-5-10-3-1-2-4-12(10)15(13)16/h1-6,11,16H,7-9,17H2/t11-,16-/m0/s1. The second-order valence-corrected chi connectivity index (χ2v) is 5.54. The average molecular weight is 300 g/mol. The fraction of sp³-hybridized carbons (Fsp3) is 0.312. The first-order valence-electron chi connectivity index (χ1n) is 7.20. The SMILES string of the molecule is NOCC(=O)N1OC[C@@H]2COc3ccc4ccccc4c3[C@H]21. The number of carbonyl (C=O) groups is 1. The van der Waals surface area contributed by atoms with E-state index in [0.29, 0.717) is 13.2 Å². The summed E-state index contributed by atoms with van der Waals surface area (Å²) in [6.45, 7) is 0.775. The summed E-state index contributed by atoms with van der Waals surface area (Å²) in [6, 6.07) is 11.9. The second-order valence-electron chi connectivity index (χ2n) is 5.54. The van der Waals surface area contributed by atoms with Gasteiger partial charge in [0.15, 0.2) is 0 Å². The van der Waals surface area contributed by atoms with E-state index in [9.17, 15) is 4.79 Å². The molecule has 2 N–H and O–H groups in total. The van der Waals surface area contributed by atoms with Crippen LogP contribution in [0.1, 0.15) is 11.6 Å². The van der Waals surface area contributed by atoms with Gasteiger partial charge in [-0.15, -0.1) is 0 Å². The number of rotatable bonds is 2. The largest absolute Gasteiger partial charge is 0.493 e. The van der Waals surface area contributed by atoms with Crippen LogP contribution in [0.3, 0.4) is 0 Å². The molecule has 114 valence electrons. The van der Waals surface area contributed by atoms with Gasteiger partial charge in [0, 0.05) is 11.5 Å². The van der Waals surface area contributed by atoms with Crippen molar-refractivity contribution in [2.75, 3.05) is 19.8 Å². The molecule has 0 aliphatic carbocycles. The quantitative estimate of drug-likeness (QED) is 0.852. The first kappa shape index (κ1) is 13.5. The van der Waals surface area contributed by atoms with Gasteiger partial charge in [-0.05, 0) is 16.8 Å². The molecule has 1 fully saturated rings. The topological polar surface area (TPSA) is 74.0 Å². The number of benzene rings is 2. The molecular weight excluding hydrogens is 284 g/mol. The van der Waals surface area contributed by atoms with E-state index in [2.05, 4.69) is 4.84 Å². The zero-order valence-electron chi connectivity index (χ0n) is 11.9. The van der Waals surface area contributed by atoms with E-state index < -0.39 is 0 Å². The normalized spacial score (nSPS) is 23.0. The molecule has 1 saturated heterocycles. The molecule has 2 heterocycles. The molecule has 0 radical (unpaired) electrons. The smallest absolute Gasteiger partial charge is 0.274 e. The number of nitrogens with zero attached hydrogens (tertiary/aromatic N) is 1. The van der Waals surface area contributed by atoms with Crippen molar-refractivity contribution >= 4 is 16.7 Å². The zero-order chi connectivity index (χ0) is 15.1. The van der Waals surface area contributed by atoms with E-state index in [1.54, 1.807) is 0 Å². The summed E-state index contributed by atoms with van der Waals surface area (Å²) in [5.74, 6) is 5.65. The minimum absolute atomic E-state index is 0.111. The summed E-state index contributed by atoms with van der Waals surface area (Å²) >= 11 is 0. The van der Waals surface area contributed by atoms with Crippen molar-refractivity contribution in [1.82, 2.24) is 5.06 Å². The molecule has 2 atom stereocenters. The fourth-order valence-electron chi connectivity index (χ4n) is 3.30. The Morgan fingerprint density at radius 1 is 1.27 bits per heavy atom. The Hall–Kier alpha value is -2.15.